The lowest BCUT2D eigenvalue weighted by molar-refractivity contribution is 0.0742. The summed E-state index contributed by atoms with van der Waals surface area (Å²) in [5.41, 5.74) is 2.32. The van der Waals surface area contributed by atoms with Crippen molar-refractivity contribution in [3.05, 3.63) is 65.9 Å². The Balaban J connectivity index is 1.83. The number of primary sulfonamides is 1. The summed E-state index contributed by atoms with van der Waals surface area (Å²) in [6.45, 7) is 1.89. The van der Waals surface area contributed by atoms with Gasteiger partial charge in [0.1, 0.15) is 0 Å². The molecule has 7 heteroatoms. The van der Waals surface area contributed by atoms with Crippen LogP contribution in [0.3, 0.4) is 0 Å². The third kappa shape index (κ3) is 3.42. The summed E-state index contributed by atoms with van der Waals surface area (Å²) in [7, 11) is -2.00. The Labute approximate surface area is 146 Å². The number of fused-ring (bicyclic) bond motifs is 1. The van der Waals surface area contributed by atoms with E-state index in [0.717, 1.165) is 16.5 Å². The molecule has 0 bridgehead atoms. The molecule has 0 saturated heterocycles. The van der Waals surface area contributed by atoms with Crippen LogP contribution in [0.15, 0.2) is 59.6 Å². The topological polar surface area (TPSA) is 96.3 Å². The van der Waals surface area contributed by atoms with Crippen molar-refractivity contribution in [1.29, 1.82) is 0 Å². The number of nitrogens with zero attached hydrogens (tertiary/aromatic N) is 1. The first-order valence-corrected chi connectivity index (χ1v) is 9.29. The lowest BCUT2D eigenvalue weighted by atomic mass is 10.1. The quantitative estimate of drug-likeness (QED) is 0.751. The van der Waals surface area contributed by atoms with E-state index in [1.165, 1.54) is 12.1 Å². The fraction of sp³-hybridized carbons (Fsp3) is 0.167. The van der Waals surface area contributed by atoms with E-state index in [9.17, 15) is 13.2 Å². The van der Waals surface area contributed by atoms with Crippen LogP contribution in [0.1, 0.15) is 28.9 Å². The first kappa shape index (κ1) is 17.2. The van der Waals surface area contributed by atoms with Crippen molar-refractivity contribution in [3.63, 3.8) is 0 Å². The number of carbonyl (C=O) groups is 1. The van der Waals surface area contributed by atoms with Gasteiger partial charge in [0.15, 0.2) is 0 Å². The van der Waals surface area contributed by atoms with Gasteiger partial charge in [-0.25, -0.2) is 13.6 Å². The summed E-state index contributed by atoms with van der Waals surface area (Å²) in [4.78, 5) is 17.5. The summed E-state index contributed by atoms with van der Waals surface area (Å²) in [5, 5.41) is 6.16. The summed E-state index contributed by atoms with van der Waals surface area (Å²) in [5.74, 6) is -0.112. The number of hydrogen-bond acceptors (Lipinski definition) is 3. The van der Waals surface area contributed by atoms with E-state index in [-0.39, 0.29) is 16.8 Å². The second-order valence-corrected chi connectivity index (χ2v) is 7.55. The van der Waals surface area contributed by atoms with Crippen LogP contribution in [0.5, 0.6) is 0 Å². The number of rotatable bonds is 4. The maximum Gasteiger partial charge on any atom is 0.254 e. The molecule has 1 amide bonds. The molecule has 3 aromatic rings. The van der Waals surface area contributed by atoms with E-state index < -0.39 is 10.0 Å². The van der Waals surface area contributed by atoms with Crippen LogP contribution in [-0.4, -0.2) is 31.3 Å². The normalized spacial score (nSPS) is 12.9. The van der Waals surface area contributed by atoms with Crippen molar-refractivity contribution in [2.24, 2.45) is 5.14 Å². The highest BCUT2D eigenvalue weighted by atomic mass is 32.2. The van der Waals surface area contributed by atoms with E-state index in [1.54, 1.807) is 30.1 Å². The van der Waals surface area contributed by atoms with Crippen molar-refractivity contribution in [1.82, 2.24) is 9.88 Å². The first-order valence-electron chi connectivity index (χ1n) is 7.74. The average molecular weight is 357 g/mol. The van der Waals surface area contributed by atoms with Crippen LogP contribution >= 0.6 is 0 Å². The maximum atomic E-state index is 12.7. The fourth-order valence-electron chi connectivity index (χ4n) is 2.72. The summed E-state index contributed by atoms with van der Waals surface area (Å²) in [6.07, 6.45) is 1.83. The highest BCUT2D eigenvalue weighted by Crippen LogP contribution is 2.23. The van der Waals surface area contributed by atoms with Gasteiger partial charge in [0.05, 0.1) is 10.9 Å². The number of hydrogen-bond donors (Lipinski definition) is 2. The Morgan fingerprint density at radius 1 is 1.12 bits per heavy atom. The van der Waals surface area contributed by atoms with Gasteiger partial charge in [-0.1, -0.05) is 18.2 Å². The molecular formula is C18H19N3O3S. The number of nitrogens with two attached hydrogens (primary N) is 1. The number of carbonyl (C=O) groups excluding carboxylic acids is 1. The van der Waals surface area contributed by atoms with E-state index in [1.807, 2.05) is 31.3 Å². The van der Waals surface area contributed by atoms with Gasteiger partial charge in [0, 0.05) is 24.3 Å². The number of benzene rings is 2. The van der Waals surface area contributed by atoms with Crippen LogP contribution in [0, 0.1) is 0 Å². The highest BCUT2D eigenvalue weighted by Gasteiger charge is 2.20. The van der Waals surface area contributed by atoms with Crippen LogP contribution in [-0.2, 0) is 10.0 Å². The average Bonchev–Trinajstić information content (AvgIpc) is 3.06. The van der Waals surface area contributed by atoms with Gasteiger partial charge < -0.3 is 9.88 Å². The second kappa shape index (κ2) is 6.34. The van der Waals surface area contributed by atoms with Crippen molar-refractivity contribution in [2.75, 3.05) is 7.05 Å². The van der Waals surface area contributed by atoms with Gasteiger partial charge in [-0.05, 0) is 48.2 Å². The van der Waals surface area contributed by atoms with E-state index in [4.69, 9.17) is 5.14 Å². The zero-order valence-corrected chi connectivity index (χ0v) is 14.7. The zero-order valence-electron chi connectivity index (χ0n) is 13.9. The Morgan fingerprint density at radius 2 is 1.80 bits per heavy atom. The Morgan fingerprint density at radius 3 is 2.44 bits per heavy atom. The van der Waals surface area contributed by atoms with Gasteiger partial charge in [-0.3, -0.25) is 4.79 Å². The molecule has 3 rings (SSSR count). The van der Waals surface area contributed by atoms with Crippen molar-refractivity contribution < 1.29 is 13.2 Å². The molecule has 25 heavy (non-hydrogen) atoms. The number of H-pyrrole nitrogens is 1. The second-order valence-electron chi connectivity index (χ2n) is 5.99. The molecule has 1 atom stereocenters. The molecule has 0 aliphatic carbocycles. The molecule has 0 radical (unpaired) electrons. The van der Waals surface area contributed by atoms with Gasteiger partial charge >= 0.3 is 0 Å². The summed E-state index contributed by atoms with van der Waals surface area (Å²) in [6, 6.07) is 13.5. The van der Waals surface area contributed by atoms with Crippen LogP contribution in [0.4, 0.5) is 0 Å². The number of aromatic nitrogens is 1. The molecular weight excluding hydrogens is 338 g/mol. The Hall–Kier alpha value is -2.64. The third-order valence-corrected chi connectivity index (χ3v) is 5.32. The number of aromatic amines is 1. The first-order chi connectivity index (χ1) is 11.8. The molecule has 0 fully saturated rings. The van der Waals surface area contributed by atoms with Crippen molar-refractivity contribution in [2.45, 2.75) is 17.9 Å². The molecule has 130 valence electrons. The molecule has 0 aliphatic heterocycles. The summed E-state index contributed by atoms with van der Waals surface area (Å²) >= 11 is 0. The van der Waals surface area contributed by atoms with Gasteiger partial charge in [-0.15, -0.1) is 0 Å². The van der Waals surface area contributed by atoms with Crippen LogP contribution in [0.2, 0.25) is 0 Å². The molecule has 0 saturated carbocycles. The predicted octanol–water partition coefficient (Wildman–Crippen LogP) is 2.65. The SMILES string of the molecule is C[C@H](c1ccc(S(N)(=O)=O)cc1)N(C)C(=O)c1ccc2cc[nH]c2c1. The van der Waals surface area contributed by atoms with E-state index >= 15 is 0 Å². The number of nitrogens with one attached hydrogen (secondary N) is 1. The minimum Gasteiger partial charge on any atom is -0.361 e. The smallest absolute Gasteiger partial charge is 0.254 e. The molecule has 0 aliphatic rings. The molecule has 0 unspecified atom stereocenters. The molecule has 1 heterocycles. The lowest BCUT2D eigenvalue weighted by Gasteiger charge is -2.25. The van der Waals surface area contributed by atoms with E-state index in [2.05, 4.69) is 4.98 Å². The van der Waals surface area contributed by atoms with E-state index in [0.29, 0.717) is 5.56 Å². The standard InChI is InChI=1S/C18H19N3O3S/c1-12(13-5-7-16(8-6-13)25(19,23)24)21(2)18(22)15-4-3-14-9-10-20-17(14)11-15/h3-12,20H,1-2H3,(H2,19,23,24)/t12-/m1/s1. The minimum atomic E-state index is -3.72. The Kier molecular flexibility index (Phi) is 4.36. The predicted molar refractivity (Wildman–Crippen MR) is 96.6 cm³/mol. The highest BCUT2D eigenvalue weighted by molar-refractivity contribution is 7.89. The fourth-order valence-corrected chi connectivity index (χ4v) is 3.24. The van der Waals surface area contributed by atoms with Crippen molar-refractivity contribution >= 4 is 26.8 Å². The molecule has 0 spiro atoms. The number of sulfonamides is 1. The Bertz CT molecular complexity index is 1020. The maximum absolute atomic E-state index is 12.7. The van der Waals surface area contributed by atoms with Crippen LogP contribution in [0.25, 0.3) is 10.9 Å². The van der Waals surface area contributed by atoms with Crippen molar-refractivity contribution in [3.8, 4) is 0 Å². The lowest BCUT2D eigenvalue weighted by Crippen LogP contribution is -2.29. The van der Waals surface area contributed by atoms with Gasteiger partial charge in [0.25, 0.3) is 5.91 Å². The molecule has 3 N–H and O–H groups in total. The monoisotopic (exact) mass is 357 g/mol. The zero-order chi connectivity index (χ0) is 18.2. The molecule has 1 aromatic heterocycles. The van der Waals surface area contributed by atoms with Gasteiger partial charge in [0.2, 0.25) is 10.0 Å². The van der Waals surface area contributed by atoms with Crippen LogP contribution < -0.4 is 5.14 Å². The molecule has 6 nitrogen and oxygen atoms in total. The van der Waals surface area contributed by atoms with Gasteiger partial charge in [-0.2, -0.15) is 0 Å². The largest absolute Gasteiger partial charge is 0.361 e. The third-order valence-electron chi connectivity index (χ3n) is 4.39. The minimum absolute atomic E-state index is 0.0506. The molecule has 2 aromatic carbocycles. The number of amides is 1. The summed E-state index contributed by atoms with van der Waals surface area (Å²) < 4.78 is 22.7.